The Kier molecular flexibility index (Phi) is 3.12. The molecule has 2 rings (SSSR count). The molecule has 1 N–H and O–H groups in total. The number of hydrogen-bond donors (Lipinski definition) is 1. The highest BCUT2D eigenvalue weighted by Crippen LogP contribution is 2.29. The van der Waals surface area contributed by atoms with Gasteiger partial charge < -0.3 is 5.11 Å². The van der Waals surface area contributed by atoms with E-state index in [0.29, 0.717) is 0 Å². The number of rotatable bonds is 2. The standard InChI is InChI=1S/C15H16O/c1-15(16,14-8-3-2-4-9-14)12-6-5-7-13-10-11-13/h2-5,7-9,13,16H,10-11H2,1H3/b7-5-/t15-/m0/s1. The monoisotopic (exact) mass is 212 g/mol. The number of hydrogen-bond acceptors (Lipinski definition) is 1. The van der Waals surface area contributed by atoms with Crippen molar-refractivity contribution in [3.8, 4) is 11.8 Å². The molecular formula is C15H16O. The third-order valence-corrected chi connectivity index (χ3v) is 2.73. The lowest BCUT2D eigenvalue weighted by Crippen LogP contribution is -2.17. The van der Waals surface area contributed by atoms with Gasteiger partial charge in [-0.05, 0) is 37.3 Å². The first-order chi connectivity index (χ1) is 7.68. The predicted octanol–water partition coefficient (Wildman–Crippen LogP) is 2.86. The van der Waals surface area contributed by atoms with Gasteiger partial charge in [-0.15, -0.1) is 0 Å². The largest absolute Gasteiger partial charge is 0.374 e. The number of allylic oxidation sites excluding steroid dienone is 2. The molecule has 82 valence electrons. The van der Waals surface area contributed by atoms with Gasteiger partial charge in [0.25, 0.3) is 0 Å². The summed E-state index contributed by atoms with van der Waals surface area (Å²) >= 11 is 0. The third-order valence-electron chi connectivity index (χ3n) is 2.73. The van der Waals surface area contributed by atoms with Gasteiger partial charge in [-0.3, -0.25) is 0 Å². The molecule has 0 unspecified atom stereocenters. The molecule has 0 spiro atoms. The SMILES string of the molecule is C[C@](O)(C#C/C=C\C1CC1)c1ccccc1. The maximum atomic E-state index is 10.2. The van der Waals surface area contributed by atoms with Gasteiger partial charge in [-0.25, -0.2) is 0 Å². The van der Waals surface area contributed by atoms with E-state index in [2.05, 4.69) is 17.9 Å². The lowest BCUT2D eigenvalue weighted by Gasteiger charge is -2.16. The van der Waals surface area contributed by atoms with Gasteiger partial charge in [-0.1, -0.05) is 48.2 Å². The second kappa shape index (κ2) is 4.55. The first kappa shape index (κ1) is 11.0. The average Bonchev–Trinajstić information content (AvgIpc) is 3.10. The van der Waals surface area contributed by atoms with Crippen LogP contribution in [-0.4, -0.2) is 5.11 Å². The highest BCUT2D eigenvalue weighted by Gasteiger charge is 2.19. The van der Waals surface area contributed by atoms with E-state index in [1.54, 1.807) is 6.92 Å². The lowest BCUT2D eigenvalue weighted by molar-refractivity contribution is 0.122. The van der Waals surface area contributed by atoms with Gasteiger partial charge in [0.1, 0.15) is 5.60 Å². The van der Waals surface area contributed by atoms with E-state index in [9.17, 15) is 5.11 Å². The van der Waals surface area contributed by atoms with Crippen molar-refractivity contribution < 1.29 is 5.11 Å². The molecule has 1 heteroatoms. The molecule has 1 saturated carbocycles. The second-order valence-corrected chi connectivity index (χ2v) is 4.40. The molecule has 1 aliphatic rings. The van der Waals surface area contributed by atoms with E-state index in [1.807, 2.05) is 36.4 Å². The molecule has 0 aliphatic heterocycles. The predicted molar refractivity (Wildman–Crippen MR) is 65.7 cm³/mol. The minimum absolute atomic E-state index is 0.732. The highest BCUT2D eigenvalue weighted by atomic mass is 16.3. The van der Waals surface area contributed by atoms with E-state index >= 15 is 0 Å². The summed E-state index contributed by atoms with van der Waals surface area (Å²) in [5, 5.41) is 10.2. The Morgan fingerprint density at radius 1 is 1.31 bits per heavy atom. The minimum Gasteiger partial charge on any atom is -0.374 e. The van der Waals surface area contributed by atoms with Crippen molar-refractivity contribution in [3.05, 3.63) is 48.0 Å². The fourth-order valence-corrected chi connectivity index (χ4v) is 1.49. The fourth-order valence-electron chi connectivity index (χ4n) is 1.49. The zero-order chi connectivity index (χ0) is 11.4. The molecule has 16 heavy (non-hydrogen) atoms. The van der Waals surface area contributed by atoms with E-state index in [-0.39, 0.29) is 0 Å². The Labute approximate surface area is 96.8 Å². The van der Waals surface area contributed by atoms with E-state index in [0.717, 1.165) is 11.5 Å². The smallest absolute Gasteiger partial charge is 0.148 e. The number of benzene rings is 1. The summed E-state index contributed by atoms with van der Waals surface area (Å²) in [5.74, 6) is 6.52. The van der Waals surface area contributed by atoms with Crippen LogP contribution >= 0.6 is 0 Å². The summed E-state index contributed by atoms with van der Waals surface area (Å²) in [7, 11) is 0. The molecule has 0 bridgehead atoms. The second-order valence-electron chi connectivity index (χ2n) is 4.40. The zero-order valence-electron chi connectivity index (χ0n) is 9.48. The van der Waals surface area contributed by atoms with Gasteiger partial charge in [0.2, 0.25) is 0 Å². The Balaban J connectivity index is 2.06. The van der Waals surface area contributed by atoms with Gasteiger partial charge >= 0.3 is 0 Å². The highest BCUT2D eigenvalue weighted by molar-refractivity contribution is 5.33. The number of aliphatic hydroxyl groups is 1. The van der Waals surface area contributed by atoms with Crippen molar-refractivity contribution in [3.63, 3.8) is 0 Å². The van der Waals surface area contributed by atoms with Crippen LogP contribution in [0.3, 0.4) is 0 Å². The molecule has 1 nitrogen and oxygen atoms in total. The van der Waals surface area contributed by atoms with Crippen molar-refractivity contribution >= 4 is 0 Å². The Morgan fingerprint density at radius 2 is 2.00 bits per heavy atom. The van der Waals surface area contributed by atoms with Crippen molar-refractivity contribution in [2.45, 2.75) is 25.4 Å². The molecule has 0 saturated heterocycles. The van der Waals surface area contributed by atoms with Crippen LogP contribution in [0, 0.1) is 17.8 Å². The Morgan fingerprint density at radius 3 is 2.62 bits per heavy atom. The van der Waals surface area contributed by atoms with Crippen LogP contribution in [0.15, 0.2) is 42.5 Å². The summed E-state index contributed by atoms with van der Waals surface area (Å²) in [4.78, 5) is 0. The van der Waals surface area contributed by atoms with Crippen LogP contribution in [0.2, 0.25) is 0 Å². The van der Waals surface area contributed by atoms with Crippen LogP contribution in [0.4, 0.5) is 0 Å². The summed E-state index contributed by atoms with van der Waals surface area (Å²) in [6.07, 6.45) is 6.55. The lowest BCUT2D eigenvalue weighted by atomic mass is 9.97. The molecule has 1 aliphatic carbocycles. The topological polar surface area (TPSA) is 20.2 Å². The Hall–Kier alpha value is -1.52. The van der Waals surface area contributed by atoms with E-state index in [4.69, 9.17) is 0 Å². The molecule has 1 fully saturated rings. The minimum atomic E-state index is -1.06. The first-order valence-electron chi connectivity index (χ1n) is 5.66. The first-order valence-corrected chi connectivity index (χ1v) is 5.66. The maximum absolute atomic E-state index is 10.2. The van der Waals surface area contributed by atoms with Crippen LogP contribution in [0.5, 0.6) is 0 Å². The fraction of sp³-hybridized carbons (Fsp3) is 0.333. The summed E-state index contributed by atoms with van der Waals surface area (Å²) < 4.78 is 0. The van der Waals surface area contributed by atoms with E-state index < -0.39 is 5.60 Å². The van der Waals surface area contributed by atoms with Crippen LogP contribution in [-0.2, 0) is 5.60 Å². The summed E-state index contributed by atoms with van der Waals surface area (Å²) in [6, 6.07) is 9.52. The van der Waals surface area contributed by atoms with Crippen molar-refractivity contribution in [2.75, 3.05) is 0 Å². The van der Waals surface area contributed by atoms with Gasteiger partial charge in [0.05, 0.1) is 0 Å². The average molecular weight is 212 g/mol. The molecular weight excluding hydrogens is 196 g/mol. The normalized spacial score (nSPS) is 18.9. The molecule has 0 amide bonds. The Bertz CT molecular complexity index is 427. The summed E-state index contributed by atoms with van der Waals surface area (Å²) in [5.41, 5.74) is -0.225. The third kappa shape index (κ3) is 2.98. The van der Waals surface area contributed by atoms with Crippen LogP contribution in [0.25, 0.3) is 0 Å². The van der Waals surface area contributed by atoms with Crippen LogP contribution < -0.4 is 0 Å². The van der Waals surface area contributed by atoms with Crippen LogP contribution in [0.1, 0.15) is 25.3 Å². The molecule has 0 radical (unpaired) electrons. The van der Waals surface area contributed by atoms with Gasteiger partial charge in [0.15, 0.2) is 0 Å². The van der Waals surface area contributed by atoms with Gasteiger partial charge in [-0.2, -0.15) is 0 Å². The summed E-state index contributed by atoms with van der Waals surface area (Å²) in [6.45, 7) is 1.72. The van der Waals surface area contributed by atoms with Crippen molar-refractivity contribution in [1.82, 2.24) is 0 Å². The molecule has 1 aromatic rings. The molecule has 1 atom stereocenters. The molecule has 1 aromatic carbocycles. The van der Waals surface area contributed by atoms with Crippen molar-refractivity contribution in [1.29, 1.82) is 0 Å². The quantitative estimate of drug-likeness (QED) is 0.747. The van der Waals surface area contributed by atoms with Crippen molar-refractivity contribution in [2.24, 2.45) is 5.92 Å². The van der Waals surface area contributed by atoms with E-state index in [1.165, 1.54) is 12.8 Å². The zero-order valence-corrected chi connectivity index (χ0v) is 9.48. The maximum Gasteiger partial charge on any atom is 0.148 e. The van der Waals surface area contributed by atoms with Gasteiger partial charge in [0, 0.05) is 0 Å². The molecule has 0 aromatic heterocycles. The molecule has 0 heterocycles.